The van der Waals surface area contributed by atoms with Crippen molar-refractivity contribution >= 4 is 27.3 Å². The lowest BCUT2D eigenvalue weighted by atomic mass is 10.1. The number of nitrogens with one attached hydrogen (secondary N) is 2. The smallest absolute Gasteiger partial charge is 0.289 e. The van der Waals surface area contributed by atoms with Crippen LogP contribution in [0.5, 0.6) is 0 Å². The van der Waals surface area contributed by atoms with Crippen LogP contribution in [0.25, 0.3) is 0 Å². The van der Waals surface area contributed by atoms with Gasteiger partial charge in [-0.2, -0.15) is 0 Å². The first-order valence-electron chi connectivity index (χ1n) is 7.11. The fraction of sp³-hybridized carbons (Fsp3) is 0.0625. The van der Waals surface area contributed by atoms with Gasteiger partial charge in [0.15, 0.2) is 4.90 Å². The van der Waals surface area contributed by atoms with E-state index in [1.807, 2.05) is 0 Å². The van der Waals surface area contributed by atoms with Crippen molar-refractivity contribution in [3.05, 3.63) is 76.9 Å². The van der Waals surface area contributed by atoms with Crippen molar-refractivity contribution < 1.29 is 18.1 Å². The molecule has 130 valence electrons. The highest BCUT2D eigenvalue weighted by atomic mass is 32.2. The lowest BCUT2D eigenvalue weighted by Gasteiger charge is -2.12. The number of carbonyl (C=O) groups is 1. The van der Waals surface area contributed by atoms with E-state index in [4.69, 9.17) is 0 Å². The maximum Gasteiger partial charge on any atom is 0.289 e. The zero-order valence-electron chi connectivity index (χ0n) is 13.0. The third-order valence-electron chi connectivity index (χ3n) is 3.17. The van der Waals surface area contributed by atoms with Crippen LogP contribution in [-0.2, 0) is 10.0 Å². The molecule has 0 aliphatic heterocycles. The standard InChI is InChI=1S/C16H15N3O5S/c1-2-11-17-16(20)12-7-3-4-8-13(12)18-25(23,24)15-10-6-5-9-14(15)19(21)22/h2-10,18H,1,11H2,(H,17,20). The molecule has 25 heavy (non-hydrogen) atoms. The summed E-state index contributed by atoms with van der Waals surface area (Å²) in [6.45, 7) is 3.70. The van der Waals surface area contributed by atoms with Gasteiger partial charge in [-0.25, -0.2) is 8.42 Å². The van der Waals surface area contributed by atoms with Gasteiger partial charge in [0.25, 0.3) is 21.6 Å². The van der Waals surface area contributed by atoms with Crippen LogP contribution in [0.1, 0.15) is 10.4 Å². The molecular weight excluding hydrogens is 346 g/mol. The van der Waals surface area contributed by atoms with Crippen LogP contribution in [0.15, 0.2) is 66.1 Å². The average molecular weight is 361 g/mol. The molecule has 2 N–H and O–H groups in total. The van der Waals surface area contributed by atoms with Gasteiger partial charge in [0.05, 0.1) is 16.2 Å². The molecule has 0 radical (unpaired) electrons. The van der Waals surface area contributed by atoms with Gasteiger partial charge in [-0.15, -0.1) is 6.58 Å². The highest BCUT2D eigenvalue weighted by Crippen LogP contribution is 2.26. The molecule has 0 saturated carbocycles. The van der Waals surface area contributed by atoms with Crippen LogP contribution < -0.4 is 10.0 Å². The van der Waals surface area contributed by atoms with Crippen molar-refractivity contribution in [1.82, 2.24) is 5.32 Å². The van der Waals surface area contributed by atoms with E-state index in [9.17, 15) is 23.3 Å². The quantitative estimate of drug-likeness (QED) is 0.446. The Bertz CT molecular complexity index is 925. The van der Waals surface area contributed by atoms with E-state index in [0.29, 0.717) is 0 Å². The topological polar surface area (TPSA) is 118 Å². The molecule has 9 heteroatoms. The number of benzene rings is 2. The van der Waals surface area contributed by atoms with Gasteiger partial charge in [0, 0.05) is 12.6 Å². The predicted octanol–water partition coefficient (Wildman–Crippen LogP) is 2.31. The van der Waals surface area contributed by atoms with Gasteiger partial charge < -0.3 is 5.32 Å². The maximum absolute atomic E-state index is 12.6. The number of hydrogen-bond acceptors (Lipinski definition) is 5. The second kappa shape index (κ2) is 7.58. The van der Waals surface area contributed by atoms with E-state index in [0.717, 1.165) is 12.1 Å². The number of nitro benzene ring substituents is 1. The largest absolute Gasteiger partial charge is 0.349 e. The van der Waals surface area contributed by atoms with E-state index < -0.39 is 31.4 Å². The highest BCUT2D eigenvalue weighted by Gasteiger charge is 2.26. The van der Waals surface area contributed by atoms with E-state index in [1.54, 1.807) is 12.1 Å². The van der Waals surface area contributed by atoms with E-state index >= 15 is 0 Å². The van der Waals surface area contributed by atoms with Gasteiger partial charge in [-0.3, -0.25) is 19.6 Å². The second-order valence-electron chi connectivity index (χ2n) is 4.87. The molecule has 0 heterocycles. The summed E-state index contributed by atoms with van der Waals surface area (Å²) in [6, 6.07) is 10.9. The Labute approximate surface area is 144 Å². The summed E-state index contributed by atoms with van der Waals surface area (Å²) in [4.78, 5) is 21.9. The normalized spacial score (nSPS) is 10.7. The van der Waals surface area contributed by atoms with Gasteiger partial charge >= 0.3 is 0 Å². The van der Waals surface area contributed by atoms with Gasteiger partial charge in [-0.05, 0) is 18.2 Å². The van der Waals surface area contributed by atoms with E-state index in [2.05, 4.69) is 16.6 Å². The van der Waals surface area contributed by atoms with Crippen molar-refractivity contribution in [2.75, 3.05) is 11.3 Å². The number of nitro groups is 1. The fourth-order valence-electron chi connectivity index (χ4n) is 2.07. The third kappa shape index (κ3) is 4.21. The molecule has 0 saturated heterocycles. The lowest BCUT2D eigenvalue weighted by Crippen LogP contribution is -2.25. The molecule has 2 aromatic rings. The van der Waals surface area contributed by atoms with Crippen LogP contribution >= 0.6 is 0 Å². The van der Waals surface area contributed by atoms with Crippen molar-refractivity contribution in [3.8, 4) is 0 Å². The fourth-order valence-corrected chi connectivity index (χ4v) is 3.32. The molecule has 2 aromatic carbocycles. The Balaban J connectivity index is 2.41. The minimum absolute atomic E-state index is 0.0159. The number of nitrogens with zero attached hydrogens (tertiary/aromatic N) is 1. The van der Waals surface area contributed by atoms with E-state index in [1.165, 1.54) is 30.3 Å². The highest BCUT2D eigenvalue weighted by molar-refractivity contribution is 7.92. The third-order valence-corrected chi connectivity index (χ3v) is 4.59. The van der Waals surface area contributed by atoms with E-state index in [-0.39, 0.29) is 17.8 Å². The molecule has 2 rings (SSSR count). The molecule has 0 aromatic heterocycles. The SMILES string of the molecule is C=CCNC(=O)c1ccccc1NS(=O)(=O)c1ccccc1[N+](=O)[O-]. The molecule has 0 fully saturated rings. The van der Waals surface area contributed by atoms with Crippen LogP contribution in [0.4, 0.5) is 11.4 Å². The van der Waals surface area contributed by atoms with Crippen LogP contribution in [-0.4, -0.2) is 25.8 Å². The number of anilines is 1. The number of carbonyl (C=O) groups excluding carboxylic acids is 1. The molecule has 0 unspecified atom stereocenters. The Kier molecular flexibility index (Phi) is 5.50. The van der Waals surface area contributed by atoms with Gasteiger partial charge in [0.2, 0.25) is 0 Å². The summed E-state index contributed by atoms with van der Waals surface area (Å²) in [5, 5.41) is 13.6. The molecule has 0 aliphatic carbocycles. The molecule has 0 spiro atoms. The molecule has 0 atom stereocenters. The Morgan fingerprint density at radius 2 is 1.80 bits per heavy atom. The molecule has 0 bridgehead atoms. The predicted molar refractivity (Wildman–Crippen MR) is 92.9 cm³/mol. The van der Waals surface area contributed by atoms with Gasteiger partial charge in [0.1, 0.15) is 0 Å². The Hall–Kier alpha value is -3.20. The summed E-state index contributed by atoms with van der Waals surface area (Å²) >= 11 is 0. The van der Waals surface area contributed by atoms with Gasteiger partial charge in [-0.1, -0.05) is 30.3 Å². The van der Waals surface area contributed by atoms with Crippen molar-refractivity contribution in [2.24, 2.45) is 0 Å². The molecule has 1 amide bonds. The average Bonchev–Trinajstić information content (AvgIpc) is 2.59. The Morgan fingerprint density at radius 1 is 1.16 bits per heavy atom. The van der Waals surface area contributed by atoms with Crippen molar-refractivity contribution in [3.63, 3.8) is 0 Å². The number of para-hydroxylation sites is 2. The summed E-state index contributed by atoms with van der Waals surface area (Å²) in [5.41, 5.74) is -0.447. The molecular formula is C16H15N3O5S. The molecule has 8 nitrogen and oxygen atoms in total. The van der Waals surface area contributed by atoms with Crippen LogP contribution in [0.2, 0.25) is 0 Å². The first kappa shape index (κ1) is 18.1. The minimum atomic E-state index is -4.26. The number of rotatable bonds is 7. The van der Waals surface area contributed by atoms with Crippen molar-refractivity contribution in [1.29, 1.82) is 0 Å². The minimum Gasteiger partial charge on any atom is -0.349 e. The summed E-state index contributed by atoms with van der Waals surface area (Å²) in [6.07, 6.45) is 1.48. The first-order valence-corrected chi connectivity index (χ1v) is 8.59. The zero-order valence-corrected chi connectivity index (χ0v) is 13.8. The number of hydrogen-bond donors (Lipinski definition) is 2. The Morgan fingerprint density at radius 3 is 2.48 bits per heavy atom. The van der Waals surface area contributed by atoms with Crippen LogP contribution in [0.3, 0.4) is 0 Å². The zero-order chi connectivity index (χ0) is 18.4. The second-order valence-corrected chi connectivity index (χ2v) is 6.53. The van der Waals surface area contributed by atoms with Crippen molar-refractivity contribution in [2.45, 2.75) is 4.90 Å². The summed E-state index contributed by atoms with van der Waals surface area (Å²) < 4.78 is 27.3. The first-order chi connectivity index (χ1) is 11.9. The summed E-state index contributed by atoms with van der Waals surface area (Å²) in [7, 11) is -4.26. The number of sulfonamides is 1. The summed E-state index contributed by atoms with van der Waals surface area (Å²) in [5.74, 6) is -0.499. The van der Waals surface area contributed by atoms with Crippen LogP contribution in [0, 0.1) is 10.1 Å². The molecule has 0 aliphatic rings. The number of amides is 1. The lowest BCUT2D eigenvalue weighted by molar-refractivity contribution is -0.387. The maximum atomic E-state index is 12.6. The monoisotopic (exact) mass is 361 g/mol.